The molecule has 0 unspecified atom stereocenters. The average molecular weight is 311 g/mol. The number of rotatable bonds is 4. The first-order chi connectivity index (χ1) is 11.1. The number of amides is 2. The van der Waals surface area contributed by atoms with Crippen LogP contribution in [0, 0.1) is 6.92 Å². The Kier molecular flexibility index (Phi) is 4.23. The van der Waals surface area contributed by atoms with Gasteiger partial charge in [-0.2, -0.15) is 0 Å². The highest BCUT2D eigenvalue weighted by Gasteiger charge is 2.25. The van der Waals surface area contributed by atoms with Gasteiger partial charge < -0.3 is 15.0 Å². The van der Waals surface area contributed by atoms with Crippen LogP contribution in [0.3, 0.4) is 0 Å². The largest absolute Gasteiger partial charge is 0.482 e. The first-order valence-corrected chi connectivity index (χ1v) is 7.37. The van der Waals surface area contributed by atoms with Crippen molar-refractivity contribution >= 4 is 23.2 Å². The lowest BCUT2D eigenvalue weighted by Gasteiger charge is -2.29. The van der Waals surface area contributed by atoms with Crippen molar-refractivity contribution in [2.45, 2.75) is 13.3 Å². The van der Waals surface area contributed by atoms with E-state index in [0.717, 1.165) is 11.3 Å². The summed E-state index contributed by atoms with van der Waals surface area (Å²) in [5.41, 5.74) is 2.39. The Morgan fingerprint density at radius 1 is 1.39 bits per heavy atom. The predicted octanol–water partition coefficient (Wildman–Crippen LogP) is 2.14. The average Bonchev–Trinajstić information content (AvgIpc) is 2.55. The number of hydrogen-bond donors (Lipinski definition) is 1. The highest BCUT2D eigenvalue weighted by atomic mass is 16.5. The van der Waals surface area contributed by atoms with Crippen molar-refractivity contribution in [3.8, 4) is 5.75 Å². The van der Waals surface area contributed by atoms with E-state index >= 15 is 0 Å². The van der Waals surface area contributed by atoms with Gasteiger partial charge in [-0.05, 0) is 36.8 Å². The number of aromatic nitrogens is 1. The van der Waals surface area contributed by atoms with Gasteiger partial charge >= 0.3 is 0 Å². The van der Waals surface area contributed by atoms with Crippen LogP contribution in [0.15, 0.2) is 42.7 Å². The molecule has 6 heteroatoms. The summed E-state index contributed by atoms with van der Waals surface area (Å²) >= 11 is 0. The number of anilines is 2. The maximum absolute atomic E-state index is 12.1. The van der Waals surface area contributed by atoms with Gasteiger partial charge in [0.25, 0.3) is 5.91 Å². The molecule has 0 atom stereocenters. The van der Waals surface area contributed by atoms with E-state index in [1.807, 2.05) is 25.1 Å². The van der Waals surface area contributed by atoms with E-state index < -0.39 is 0 Å². The second kappa shape index (κ2) is 6.48. The molecule has 1 aliphatic heterocycles. The van der Waals surface area contributed by atoms with Crippen LogP contribution < -0.4 is 15.0 Å². The van der Waals surface area contributed by atoms with E-state index in [0.29, 0.717) is 18.0 Å². The zero-order chi connectivity index (χ0) is 16.2. The summed E-state index contributed by atoms with van der Waals surface area (Å²) in [4.78, 5) is 29.7. The number of ether oxygens (including phenoxy) is 1. The maximum atomic E-state index is 12.1. The summed E-state index contributed by atoms with van der Waals surface area (Å²) in [6.07, 6.45) is 3.42. The van der Waals surface area contributed by atoms with Gasteiger partial charge in [-0.3, -0.25) is 14.6 Å². The molecular weight excluding hydrogens is 294 g/mol. The fourth-order valence-corrected chi connectivity index (χ4v) is 2.43. The number of carbonyl (C=O) groups is 2. The number of nitrogens with zero attached hydrogens (tertiary/aromatic N) is 2. The third-order valence-electron chi connectivity index (χ3n) is 3.57. The minimum atomic E-state index is -0.161. The molecule has 0 radical (unpaired) electrons. The van der Waals surface area contributed by atoms with Crippen molar-refractivity contribution in [3.63, 3.8) is 0 Å². The van der Waals surface area contributed by atoms with Crippen molar-refractivity contribution < 1.29 is 14.3 Å². The Morgan fingerprint density at radius 3 is 3.04 bits per heavy atom. The van der Waals surface area contributed by atoms with E-state index in [1.165, 1.54) is 0 Å². The molecule has 1 N–H and O–H groups in total. The molecule has 2 heterocycles. The van der Waals surface area contributed by atoms with Crippen LogP contribution in [0.1, 0.15) is 12.0 Å². The molecule has 1 aromatic carbocycles. The lowest BCUT2D eigenvalue weighted by Crippen LogP contribution is -2.40. The Bertz CT molecular complexity index is 731. The van der Waals surface area contributed by atoms with Gasteiger partial charge in [0.05, 0.1) is 17.6 Å². The minimum Gasteiger partial charge on any atom is -0.482 e. The van der Waals surface area contributed by atoms with Crippen LogP contribution in [0.25, 0.3) is 0 Å². The van der Waals surface area contributed by atoms with Crippen LogP contribution in [0.4, 0.5) is 11.4 Å². The fourth-order valence-electron chi connectivity index (χ4n) is 2.43. The highest BCUT2D eigenvalue weighted by Crippen LogP contribution is 2.32. The maximum Gasteiger partial charge on any atom is 0.265 e. The Balaban J connectivity index is 1.67. The van der Waals surface area contributed by atoms with E-state index in [-0.39, 0.29) is 24.8 Å². The van der Waals surface area contributed by atoms with Crippen molar-refractivity contribution in [1.29, 1.82) is 0 Å². The Morgan fingerprint density at radius 2 is 2.26 bits per heavy atom. The lowest BCUT2D eigenvalue weighted by atomic mass is 10.1. The minimum absolute atomic E-state index is 0.000283. The second-order valence-corrected chi connectivity index (χ2v) is 5.35. The normalized spacial score (nSPS) is 13.3. The number of pyridine rings is 1. The topological polar surface area (TPSA) is 71.5 Å². The number of benzene rings is 1. The SMILES string of the molecule is Cc1ccc2c(c1)N(CCC(=O)Nc1cccnc1)C(=O)CO2. The highest BCUT2D eigenvalue weighted by molar-refractivity contribution is 5.99. The number of carbonyl (C=O) groups excluding carboxylic acids is 2. The lowest BCUT2D eigenvalue weighted by molar-refractivity contribution is -0.121. The number of hydrogen-bond acceptors (Lipinski definition) is 4. The van der Waals surface area contributed by atoms with Crippen molar-refractivity contribution in [3.05, 3.63) is 48.3 Å². The molecule has 2 aromatic rings. The van der Waals surface area contributed by atoms with Crippen LogP contribution >= 0.6 is 0 Å². The Hall–Kier alpha value is -2.89. The molecule has 3 rings (SSSR count). The van der Waals surface area contributed by atoms with Gasteiger partial charge in [0, 0.05) is 19.2 Å². The molecule has 0 fully saturated rings. The molecule has 0 bridgehead atoms. The van der Waals surface area contributed by atoms with Gasteiger partial charge in [0.2, 0.25) is 5.91 Å². The standard InChI is InChI=1S/C17H17N3O3/c1-12-4-5-15-14(9-12)20(17(22)11-23-15)8-6-16(21)19-13-3-2-7-18-10-13/h2-5,7,9-10H,6,8,11H2,1H3,(H,19,21). The smallest absolute Gasteiger partial charge is 0.265 e. The zero-order valence-corrected chi connectivity index (χ0v) is 12.8. The van der Waals surface area contributed by atoms with Crippen LogP contribution in [-0.4, -0.2) is 29.9 Å². The molecule has 1 aromatic heterocycles. The van der Waals surface area contributed by atoms with E-state index in [9.17, 15) is 9.59 Å². The van der Waals surface area contributed by atoms with E-state index in [2.05, 4.69) is 10.3 Å². The van der Waals surface area contributed by atoms with Crippen LogP contribution in [-0.2, 0) is 9.59 Å². The molecule has 0 spiro atoms. The van der Waals surface area contributed by atoms with Crippen molar-refractivity contribution in [1.82, 2.24) is 4.98 Å². The first-order valence-electron chi connectivity index (χ1n) is 7.37. The van der Waals surface area contributed by atoms with E-state index in [4.69, 9.17) is 4.74 Å². The summed E-state index contributed by atoms with van der Waals surface area (Å²) in [5, 5.41) is 2.76. The molecule has 0 aliphatic carbocycles. The number of aryl methyl sites for hydroxylation is 1. The first kappa shape index (κ1) is 15.0. The summed E-state index contributed by atoms with van der Waals surface area (Å²) < 4.78 is 5.42. The fraction of sp³-hybridized carbons (Fsp3) is 0.235. The van der Waals surface area contributed by atoms with Crippen molar-refractivity contribution in [2.75, 3.05) is 23.4 Å². The van der Waals surface area contributed by atoms with Gasteiger partial charge in [-0.15, -0.1) is 0 Å². The predicted molar refractivity (Wildman–Crippen MR) is 86.5 cm³/mol. The molecule has 6 nitrogen and oxygen atoms in total. The molecule has 1 aliphatic rings. The summed E-state index contributed by atoms with van der Waals surface area (Å²) in [7, 11) is 0. The molecule has 2 amide bonds. The van der Waals surface area contributed by atoms with Gasteiger partial charge in [0.15, 0.2) is 6.61 Å². The molecular formula is C17H17N3O3. The third-order valence-corrected chi connectivity index (χ3v) is 3.57. The quantitative estimate of drug-likeness (QED) is 0.939. The second-order valence-electron chi connectivity index (χ2n) is 5.35. The molecule has 23 heavy (non-hydrogen) atoms. The third kappa shape index (κ3) is 3.48. The van der Waals surface area contributed by atoms with Crippen LogP contribution in [0.2, 0.25) is 0 Å². The Labute approximate surface area is 134 Å². The summed E-state index contributed by atoms with van der Waals surface area (Å²) in [5.74, 6) is 0.367. The van der Waals surface area contributed by atoms with Crippen LogP contribution in [0.5, 0.6) is 5.75 Å². The number of fused-ring (bicyclic) bond motifs is 1. The van der Waals surface area contributed by atoms with Gasteiger partial charge in [-0.25, -0.2) is 0 Å². The molecule has 0 saturated heterocycles. The zero-order valence-electron chi connectivity index (χ0n) is 12.8. The molecule has 0 saturated carbocycles. The van der Waals surface area contributed by atoms with E-state index in [1.54, 1.807) is 29.4 Å². The van der Waals surface area contributed by atoms with Gasteiger partial charge in [-0.1, -0.05) is 6.07 Å². The van der Waals surface area contributed by atoms with Gasteiger partial charge in [0.1, 0.15) is 5.75 Å². The summed E-state index contributed by atoms with van der Waals surface area (Å²) in [6, 6.07) is 9.19. The number of nitrogens with one attached hydrogen (secondary N) is 1. The van der Waals surface area contributed by atoms with Crippen molar-refractivity contribution in [2.24, 2.45) is 0 Å². The summed E-state index contributed by atoms with van der Waals surface area (Å²) in [6.45, 7) is 2.26. The molecule has 118 valence electrons. The monoisotopic (exact) mass is 311 g/mol.